The molecule has 0 bridgehead atoms. The van der Waals surface area contributed by atoms with E-state index >= 15 is 0 Å². The number of methoxy groups -OCH3 is 1. The molecule has 2 heterocycles. The number of piperazine rings is 2. The lowest BCUT2D eigenvalue weighted by Crippen LogP contribution is -2.58. The third-order valence-corrected chi connectivity index (χ3v) is 4.96. The van der Waals surface area contributed by atoms with E-state index in [1.807, 2.05) is 0 Å². The Morgan fingerprint density at radius 3 is 1.54 bits per heavy atom. The van der Waals surface area contributed by atoms with Crippen molar-refractivity contribution in [1.29, 1.82) is 0 Å². The van der Waals surface area contributed by atoms with Crippen molar-refractivity contribution in [2.45, 2.75) is 13.3 Å². The minimum Gasteiger partial charge on any atom is -0.375 e. The highest BCUT2D eigenvalue weighted by molar-refractivity contribution is 5.81. The number of ether oxygens (including phenoxy) is 2. The van der Waals surface area contributed by atoms with Crippen LogP contribution in [0.15, 0.2) is 0 Å². The van der Waals surface area contributed by atoms with Crippen molar-refractivity contribution >= 4 is 23.6 Å². The Bertz CT molecular complexity index is 568. The Hall–Kier alpha value is -2.20. The van der Waals surface area contributed by atoms with E-state index < -0.39 is 0 Å². The molecule has 0 spiro atoms. The SMILES string of the molecule is CCC(=O)COCC(=O)N1CCN(C(=O)N2CCN(C(=O)COC)CC2)CC1. The molecule has 158 valence electrons. The van der Waals surface area contributed by atoms with Crippen LogP contribution in [-0.4, -0.2) is 123 Å². The van der Waals surface area contributed by atoms with Gasteiger partial charge in [-0.2, -0.15) is 0 Å². The van der Waals surface area contributed by atoms with Crippen LogP contribution in [-0.2, 0) is 23.9 Å². The highest BCUT2D eigenvalue weighted by atomic mass is 16.5. The van der Waals surface area contributed by atoms with Crippen LogP contribution in [0.2, 0.25) is 0 Å². The van der Waals surface area contributed by atoms with Gasteiger partial charge >= 0.3 is 6.03 Å². The molecule has 0 aromatic heterocycles. The van der Waals surface area contributed by atoms with Crippen molar-refractivity contribution < 1.29 is 28.7 Å². The predicted molar refractivity (Wildman–Crippen MR) is 99.7 cm³/mol. The number of amides is 4. The van der Waals surface area contributed by atoms with Crippen molar-refractivity contribution in [3.63, 3.8) is 0 Å². The molecule has 0 aromatic carbocycles. The molecule has 2 aliphatic heterocycles. The summed E-state index contributed by atoms with van der Waals surface area (Å²) in [7, 11) is 1.49. The monoisotopic (exact) mass is 398 g/mol. The van der Waals surface area contributed by atoms with Crippen LogP contribution >= 0.6 is 0 Å². The number of Topliss-reactive ketones (excluding diaryl/α,β-unsaturated/α-hetero) is 1. The molecule has 0 aliphatic carbocycles. The molecule has 2 saturated heterocycles. The van der Waals surface area contributed by atoms with Crippen LogP contribution in [0.25, 0.3) is 0 Å². The molecule has 2 rings (SSSR count). The van der Waals surface area contributed by atoms with Gasteiger partial charge in [-0.1, -0.05) is 6.92 Å². The number of hydrogen-bond donors (Lipinski definition) is 0. The number of ketones is 1. The second-order valence-corrected chi connectivity index (χ2v) is 6.84. The van der Waals surface area contributed by atoms with Gasteiger partial charge in [0.2, 0.25) is 11.8 Å². The molecule has 0 atom stereocenters. The Morgan fingerprint density at radius 1 is 0.679 bits per heavy atom. The second-order valence-electron chi connectivity index (χ2n) is 6.84. The van der Waals surface area contributed by atoms with Crippen molar-refractivity contribution in [3.8, 4) is 0 Å². The molecular formula is C18H30N4O6. The fourth-order valence-electron chi connectivity index (χ4n) is 3.15. The van der Waals surface area contributed by atoms with Gasteiger partial charge in [-0.05, 0) is 0 Å². The van der Waals surface area contributed by atoms with Gasteiger partial charge < -0.3 is 29.1 Å². The quantitative estimate of drug-likeness (QED) is 0.548. The lowest BCUT2D eigenvalue weighted by molar-refractivity contribution is -0.139. The van der Waals surface area contributed by atoms with E-state index in [1.54, 1.807) is 26.5 Å². The fourth-order valence-corrected chi connectivity index (χ4v) is 3.15. The summed E-state index contributed by atoms with van der Waals surface area (Å²) < 4.78 is 10.0. The number of carbonyl (C=O) groups excluding carboxylic acids is 4. The van der Waals surface area contributed by atoms with Gasteiger partial charge in [0, 0.05) is 65.9 Å². The summed E-state index contributed by atoms with van der Waals surface area (Å²) in [5.41, 5.74) is 0. The Morgan fingerprint density at radius 2 is 1.11 bits per heavy atom. The highest BCUT2D eigenvalue weighted by Gasteiger charge is 2.30. The number of carbonyl (C=O) groups is 4. The van der Waals surface area contributed by atoms with Gasteiger partial charge in [-0.15, -0.1) is 0 Å². The minimum absolute atomic E-state index is 0.0350. The molecule has 28 heavy (non-hydrogen) atoms. The molecule has 10 heteroatoms. The molecule has 0 saturated carbocycles. The standard InChI is InChI=1S/C18H30N4O6/c1-3-15(23)12-28-14-17(25)20-6-10-22(11-7-20)18(26)21-8-4-19(5-9-21)16(24)13-27-2/h3-14H2,1-2H3. The summed E-state index contributed by atoms with van der Waals surface area (Å²) in [6.07, 6.45) is 0.393. The first-order valence-electron chi connectivity index (χ1n) is 9.64. The first-order valence-corrected chi connectivity index (χ1v) is 9.64. The molecule has 10 nitrogen and oxygen atoms in total. The maximum absolute atomic E-state index is 12.7. The van der Waals surface area contributed by atoms with E-state index in [-0.39, 0.29) is 43.4 Å². The Labute approximate surface area is 165 Å². The topological polar surface area (TPSA) is 99.7 Å². The molecule has 0 aromatic rings. The summed E-state index contributed by atoms with van der Waals surface area (Å²) in [5, 5.41) is 0. The number of hydrogen-bond acceptors (Lipinski definition) is 6. The second kappa shape index (κ2) is 11.0. The maximum Gasteiger partial charge on any atom is 0.320 e. The van der Waals surface area contributed by atoms with Gasteiger partial charge in [-0.3, -0.25) is 14.4 Å². The highest BCUT2D eigenvalue weighted by Crippen LogP contribution is 2.10. The third kappa shape index (κ3) is 6.16. The zero-order valence-corrected chi connectivity index (χ0v) is 16.7. The van der Waals surface area contributed by atoms with E-state index in [0.717, 1.165) is 0 Å². The summed E-state index contributed by atoms with van der Waals surface area (Å²) in [6, 6.07) is -0.0595. The average molecular weight is 398 g/mol. The summed E-state index contributed by atoms with van der Waals surface area (Å²) in [6.45, 7) is 5.45. The molecule has 4 amide bonds. The zero-order chi connectivity index (χ0) is 20.5. The lowest BCUT2D eigenvalue weighted by atomic mass is 10.3. The van der Waals surface area contributed by atoms with Crippen molar-refractivity contribution in [3.05, 3.63) is 0 Å². The predicted octanol–water partition coefficient (Wildman–Crippen LogP) is -0.963. The van der Waals surface area contributed by atoms with E-state index in [0.29, 0.717) is 58.8 Å². The molecular weight excluding hydrogens is 368 g/mol. The normalized spacial score (nSPS) is 17.6. The molecule has 0 N–H and O–H groups in total. The van der Waals surface area contributed by atoms with Gasteiger partial charge in [0.05, 0.1) is 0 Å². The molecule has 2 fully saturated rings. The van der Waals surface area contributed by atoms with Gasteiger partial charge in [-0.25, -0.2) is 4.79 Å². The average Bonchev–Trinajstić information content (AvgIpc) is 2.73. The Kier molecular flexibility index (Phi) is 8.65. The lowest BCUT2D eigenvalue weighted by Gasteiger charge is -2.40. The van der Waals surface area contributed by atoms with E-state index in [9.17, 15) is 19.2 Å². The molecule has 0 unspecified atom stereocenters. The number of urea groups is 1. The zero-order valence-electron chi connectivity index (χ0n) is 16.7. The van der Waals surface area contributed by atoms with E-state index in [1.165, 1.54) is 7.11 Å². The van der Waals surface area contributed by atoms with Crippen LogP contribution < -0.4 is 0 Å². The van der Waals surface area contributed by atoms with Crippen molar-refractivity contribution in [2.75, 3.05) is 79.3 Å². The first-order chi connectivity index (χ1) is 13.5. The van der Waals surface area contributed by atoms with Gasteiger partial charge in [0.25, 0.3) is 0 Å². The van der Waals surface area contributed by atoms with Crippen LogP contribution in [0.5, 0.6) is 0 Å². The van der Waals surface area contributed by atoms with Crippen LogP contribution in [0.1, 0.15) is 13.3 Å². The summed E-state index contributed by atoms with van der Waals surface area (Å²) in [5.74, 6) is -0.266. The minimum atomic E-state index is -0.165. The van der Waals surface area contributed by atoms with Crippen molar-refractivity contribution in [1.82, 2.24) is 19.6 Å². The smallest absolute Gasteiger partial charge is 0.320 e. The Balaban J connectivity index is 1.70. The fraction of sp³-hybridized carbons (Fsp3) is 0.778. The maximum atomic E-state index is 12.7. The largest absolute Gasteiger partial charge is 0.375 e. The van der Waals surface area contributed by atoms with Gasteiger partial charge in [0.1, 0.15) is 19.8 Å². The van der Waals surface area contributed by atoms with E-state index in [4.69, 9.17) is 9.47 Å². The summed E-state index contributed by atoms with van der Waals surface area (Å²) in [4.78, 5) is 54.7. The first kappa shape index (κ1) is 22.1. The summed E-state index contributed by atoms with van der Waals surface area (Å²) >= 11 is 0. The molecule has 0 radical (unpaired) electrons. The molecule has 2 aliphatic rings. The third-order valence-electron chi connectivity index (χ3n) is 4.96. The van der Waals surface area contributed by atoms with E-state index in [2.05, 4.69) is 0 Å². The van der Waals surface area contributed by atoms with Crippen LogP contribution in [0.3, 0.4) is 0 Å². The van der Waals surface area contributed by atoms with Gasteiger partial charge in [0.15, 0.2) is 5.78 Å². The van der Waals surface area contributed by atoms with Crippen LogP contribution in [0.4, 0.5) is 4.79 Å². The van der Waals surface area contributed by atoms with Crippen LogP contribution in [0, 0.1) is 0 Å². The van der Waals surface area contributed by atoms with Crippen molar-refractivity contribution in [2.24, 2.45) is 0 Å². The number of nitrogens with zero attached hydrogens (tertiary/aromatic N) is 4. The number of rotatable bonds is 7.